The van der Waals surface area contributed by atoms with Crippen LogP contribution in [0.3, 0.4) is 0 Å². The van der Waals surface area contributed by atoms with Crippen molar-refractivity contribution >= 4 is 43.2 Å². The van der Waals surface area contributed by atoms with E-state index in [1.165, 1.54) is 12.1 Å². The fraction of sp³-hybridized carbons (Fsp3) is 0. The van der Waals surface area contributed by atoms with Gasteiger partial charge < -0.3 is 0 Å². The predicted octanol–water partition coefficient (Wildman–Crippen LogP) is 3.31. The molecular formula is C12H6BrClFN3O2S. The van der Waals surface area contributed by atoms with Crippen molar-refractivity contribution in [3.05, 3.63) is 51.5 Å². The third-order valence-electron chi connectivity index (χ3n) is 2.40. The van der Waals surface area contributed by atoms with Crippen molar-refractivity contribution in [3.63, 3.8) is 0 Å². The lowest BCUT2D eigenvalue weighted by Crippen LogP contribution is -2.14. The molecule has 9 heteroatoms. The molecule has 2 rings (SSSR count). The lowest BCUT2D eigenvalue weighted by Gasteiger charge is -2.11. The number of hydrogen-bond acceptors (Lipinski definition) is 4. The Morgan fingerprint density at radius 1 is 1.38 bits per heavy atom. The van der Waals surface area contributed by atoms with E-state index in [0.29, 0.717) is 0 Å². The van der Waals surface area contributed by atoms with E-state index >= 15 is 0 Å². The van der Waals surface area contributed by atoms with Gasteiger partial charge in [0.15, 0.2) is 0 Å². The zero-order valence-corrected chi connectivity index (χ0v) is 13.3. The third kappa shape index (κ3) is 3.50. The molecule has 0 spiro atoms. The predicted molar refractivity (Wildman–Crippen MR) is 78.9 cm³/mol. The van der Waals surface area contributed by atoms with Crippen LogP contribution < -0.4 is 4.72 Å². The highest BCUT2D eigenvalue weighted by atomic mass is 79.9. The van der Waals surface area contributed by atoms with Gasteiger partial charge in [-0.15, -0.1) is 0 Å². The molecule has 1 heterocycles. The SMILES string of the molecule is N#Cc1ccc(S(=O)(=O)Nc2c(Cl)cc(F)cc2Br)cn1. The highest BCUT2D eigenvalue weighted by Gasteiger charge is 2.18. The average Bonchev–Trinajstić information content (AvgIpc) is 2.43. The van der Waals surface area contributed by atoms with Gasteiger partial charge >= 0.3 is 0 Å². The van der Waals surface area contributed by atoms with Crippen molar-refractivity contribution in [1.29, 1.82) is 5.26 Å². The van der Waals surface area contributed by atoms with Gasteiger partial charge in [0, 0.05) is 10.7 Å². The van der Waals surface area contributed by atoms with Crippen molar-refractivity contribution in [2.45, 2.75) is 4.90 Å². The molecule has 0 atom stereocenters. The van der Waals surface area contributed by atoms with Gasteiger partial charge in [0.1, 0.15) is 22.5 Å². The Balaban J connectivity index is 2.40. The summed E-state index contributed by atoms with van der Waals surface area (Å²) in [5.74, 6) is -0.602. The number of pyridine rings is 1. The highest BCUT2D eigenvalue weighted by Crippen LogP contribution is 2.33. The van der Waals surface area contributed by atoms with Gasteiger partial charge in [-0.05, 0) is 40.2 Å². The first kappa shape index (κ1) is 15.7. The maximum absolute atomic E-state index is 13.1. The fourth-order valence-electron chi connectivity index (χ4n) is 1.44. The van der Waals surface area contributed by atoms with Gasteiger partial charge in [0.05, 0.1) is 10.7 Å². The minimum atomic E-state index is -3.95. The Morgan fingerprint density at radius 3 is 2.62 bits per heavy atom. The van der Waals surface area contributed by atoms with E-state index < -0.39 is 15.8 Å². The number of rotatable bonds is 3. The topological polar surface area (TPSA) is 82.8 Å². The summed E-state index contributed by atoms with van der Waals surface area (Å²) in [5.41, 5.74) is 0.109. The minimum absolute atomic E-state index is 0.0161. The van der Waals surface area contributed by atoms with Crippen LogP contribution in [0.25, 0.3) is 0 Å². The van der Waals surface area contributed by atoms with Gasteiger partial charge in [0.2, 0.25) is 0 Å². The zero-order chi connectivity index (χ0) is 15.6. The molecule has 0 saturated carbocycles. The van der Waals surface area contributed by atoms with Crippen LogP contribution in [0.4, 0.5) is 10.1 Å². The van der Waals surface area contributed by atoms with E-state index in [2.05, 4.69) is 25.6 Å². The molecule has 1 N–H and O–H groups in total. The van der Waals surface area contributed by atoms with E-state index in [1.807, 2.05) is 0 Å². The maximum atomic E-state index is 13.1. The molecule has 0 amide bonds. The molecule has 5 nitrogen and oxygen atoms in total. The molecule has 21 heavy (non-hydrogen) atoms. The van der Waals surface area contributed by atoms with Gasteiger partial charge in [-0.3, -0.25) is 4.72 Å². The smallest absolute Gasteiger partial charge is 0.263 e. The van der Waals surface area contributed by atoms with Crippen molar-refractivity contribution in [1.82, 2.24) is 4.98 Å². The van der Waals surface area contributed by atoms with Crippen LogP contribution in [0, 0.1) is 17.1 Å². The van der Waals surface area contributed by atoms with Crippen molar-refractivity contribution in [2.75, 3.05) is 4.72 Å². The third-order valence-corrected chi connectivity index (χ3v) is 4.66. The number of nitrogens with zero attached hydrogens (tertiary/aromatic N) is 2. The number of hydrogen-bond donors (Lipinski definition) is 1. The molecule has 0 unspecified atom stereocenters. The van der Waals surface area contributed by atoms with Gasteiger partial charge in [-0.2, -0.15) is 5.26 Å². The average molecular weight is 391 g/mol. The molecule has 1 aromatic heterocycles. The molecule has 0 aliphatic rings. The summed E-state index contributed by atoms with van der Waals surface area (Å²) in [6.45, 7) is 0. The van der Waals surface area contributed by atoms with E-state index in [-0.39, 0.29) is 25.8 Å². The Hall–Kier alpha value is -1.69. The minimum Gasteiger partial charge on any atom is -0.277 e. The number of halogens is 3. The lowest BCUT2D eigenvalue weighted by molar-refractivity contribution is 0.600. The van der Waals surface area contributed by atoms with Crippen molar-refractivity contribution in [2.24, 2.45) is 0 Å². The molecule has 0 aliphatic heterocycles. The number of nitrogens with one attached hydrogen (secondary N) is 1. The van der Waals surface area contributed by atoms with Crippen LogP contribution in [-0.2, 0) is 10.0 Å². The molecule has 1 aromatic carbocycles. The summed E-state index contributed by atoms with van der Waals surface area (Å²) >= 11 is 8.86. The summed E-state index contributed by atoms with van der Waals surface area (Å²) in [4.78, 5) is 3.53. The van der Waals surface area contributed by atoms with Crippen LogP contribution in [0.5, 0.6) is 0 Å². The highest BCUT2D eigenvalue weighted by molar-refractivity contribution is 9.10. The van der Waals surface area contributed by atoms with Gasteiger partial charge in [-0.1, -0.05) is 11.6 Å². The summed E-state index contributed by atoms with van der Waals surface area (Å²) in [6.07, 6.45) is 1.05. The number of anilines is 1. The molecule has 0 aliphatic carbocycles. The second kappa shape index (κ2) is 5.97. The first-order valence-electron chi connectivity index (χ1n) is 5.37. The summed E-state index contributed by atoms with van der Waals surface area (Å²) in [7, 11) is -3.95. The Labute approximate surface area is 133 Å². The summed E-state index contributed by atoms with van der Waals surface area (Å²) in [6, 6.07) is 6.36. The molecule has 108 valence electrons. The fourth-order valence-corrected chi connectivity index (χ4v) is 3.57. The first-order chi connectivity index (χ1) is 9.83. The molecule has 2 aromatic rings. The molecular weight excluding hydrogens is 385 g/mol. The Kier molecular flexibility index (Phi) is 4.46. The second-order valence-electron chi connectivity index (χ2n) is 3.84. The normalized spacial score (nSPS) is 11.0. The van der Waals surface area contributed by atoms with Crippen LogP contribution in [0.15, 0.2) is 39.8 Å². The number of sulfonamides is 1. The van der Waals surface area contributed by atoms with E-state index in [4.69, 9.17) is 16.9 Å². The van der Waals surface area contributed by atoms with E-state index in [1.54, 1.807) is 6.07 Å². The van der Waals surface area contributed by atoms with E-state index in [0.717, 1.165) is 18.3 Å². The largest absolute Gasteiger partial charge is 0.277 e. The Morgan fingerprint density at radius 2 is 2.10 bits per heavy atom. The van der Waals surface area contributed by atoms with Crippen molar-refractivity contribution < 1.29 is 12.8 Å². The summed E-state index contributed by atoms with van der Waals surface area (Å²) in [5, 5.41) is 8.54. The molecule has 0 saturated heterocycles. The van der Waals surface area contributed by atoms with Crippen LogP contribution in [0.2, 0.25) is 5.02 Å². The number of nitriles is 1. The van der Waals surface area contributed by atoms with Crippen LogP contribution in [0.1, 0.15) is 5.69 Å². The zero-order valence-electron chi connectivity index (χ0n) is 10.1. The quantitative estimate of drug-likeness (QED) is 0.871. The van der Waals surface area contributed by atoms with Crippen LogP contribution >= 0.6 is 27.5 Å². The standard InChI is InChI=1S/C12H6BrClFN3O2S/c13-10-3-7(15)4-11(14)12(10)18-21(19,20)9-2-1-8(5-16)17-6-9/h1-4,6,18H. The Bertz CT molecular complexity index is 812. The maximum Gasteiger partial charge on any atom is 0.263 e. The molecule has 0 radical (unpaired) electrons. The molecule has 0 fully saturated rings. The van der Waals surface area contributed by atoms with Crippen molar-refractivity contribution in [3.8, 4) is 6.07 Å². The van der Waals surface area contributed by atoms with Gasteiger partial charge in [0.25, 0.3) is 10.0 Å². The first-order valence-corrected chi connectivity index (χ1v) is 8.02. The lowest BCUT2D eigenvalue weighted by atomic mass is 10.3. The van der Waals surface area contributed by atoms with E-state index in [9.17, 15) is 12.8 Å². The van der Waals surface area contributed by atoms with Crippen LogP contribution in [-0.4, -0.2) is 13.4 Å². The second-order valence-corrected chi connectivity index (χ2v) is 6.78. The number of aromatic nitrogens is 1. The molecule has 0 bridgehead atoms. The monoisotopic (exact) mass is 389 g/mol. The number of benzene rings is 1. The summed E-state index contributed by atoms with van der Waals surface area (Å²) < 4.78 is 39.9. The van der Waals surface area contributed by atoms with Gasteiger partial charge in [-0.25, -0.2) is 17.8 Å².